The topological polar surface area (TPSA) is 191 Å². The lowest BCUT2D eigenvalue weighted by molar-refractivity contribution is -0.173. The SMILES string of the molecule is C[C@H](N)C(=O)c1ccccc1C(O)C(=O)NC1C(=O)N2C(C(=O)OCOC(=O)C(C)(C)C)=C(CSc3ncns3)CS[C@@H]12.Cl. The van der Waals surface area contributed by atoms with Crippen LogP contribution in [0.5, 0.6) is 0 Å². The average Bonchev–Trinajstić information content (AvgIpc) is 3.50. The molecule has 0 bridgehead atoms. The van der Waals surface area contributed by atoms with Gasteiger partial charge < -0.3 is 25.6 Å². The second-order valence-electron chi connectivity index (χ2n) is 10.7. The predicted molar refractivity (Wildman–Crippen MR) is 166 cm³/mol. The summed E-state index contributed by atoms with van der Waals surface area (Å²) in [7, 11) is 0. The molecule has 17 heteroatoms. The van der Waals surface area contributed by atoms with Crippen LogP contribution in [0.4, 0.5) is 0 Å². The Labute approximate surface area is 272 Å². The molecular weight excluding hydrogens is 654 g/mol. The molecule has 4 N–H and O–H groups in total. The fraction of sp³-hybridized carbons (Fsp3) is 0.444. The van der Waals surface area contributed by atoms with Crippen molar-refractivity contribution in [3.05, 3.63) is 53.0 Å². The van der Waals surface area contributed by atoms with Crippen molar-refractivity contribution in [3.63, 3.8) is 0 Å². The van der Waals surface area contributed by atoms with Crippen LogP contribution in [0, 0.1) is 5.41 Å². The molecule has 2 amide bonds. The Kier molecular flexibility index (Phi) is 12.0. The maximum absolute atomic E-state index is 13.4. The molecule has 13 nitrogen and oxygen atoms in total. The molecule has 1 aromatic carbocycles. The summed E-state index contributed by atoms with van der Waals surface area (Å²) < 4.78 is 14.9. The number of ether oxygens (including phenoxy) is 2. The second-order valence-corrected chi connectivity index (χ2v) is 13.8. The van der Waals surface area contributed by atoms with Crippen molar-refractivity contribution < 1.29 is 38.6 Å². The molecule has 2 aliphatic heterocycles. The third kappa shape index (κ3) is 7.79. The number of thioether (sulfide) groups is 2. The minimum Gasteiger partial charge on any atom is -0.427 e. The largest absolute Gasteiger partial charge is 0.427 e. The Hall–Kier alpha value is -3.02. The third-order valence-corrected chi connectivity index (χ3v) is 9.65. The Bertz CT molecular complexity index is 1450. The number of halogens is 1. The normalized spacial score (nSPS) is 19.1. The minimum absolute atomic E-state index is 0. The molecule has 44 heavy (non-hydrogen) atoms. The van der Waals surface area contributed by atoms with E-state index in [9.17, 15) is 29.1 Å². The zero-order chi connectivity index (χ0) is 31.5. The molecule has 4 rings (SSSR count). The van der Waals surface area contributed by atoms with Crippen molar-refractivity contribution in [2.24, 2.45) is 11.1 Å². The number of benzene rings is 1. The molecular formula is C27H32ClN5O8S3. The van der Waals surface area contributed by atoms with Crippen molar-refractivity contribution in [1.29, 1.82) is 0 Å². The zero-order valence-corrected chi connectivity index (χ0v) is 27.4. The van der Waals surface area contributed by atoms with Gasteiger partial charge in [-0.2, -0.15) is 4.37 Å². The molecule has 1 aromatic heterocycles. The van der Waals surface area contributed by atoms with Crippen molar-refractivity contribution in [3.8, 4) is 0 Å². The van der Waals surface area contributed by atoms with Gasteiger partial charge in [0.15, 0.2) is 16.2 Å². The number of aliphatic hydroxyl groups is 1. The number of ketones is 1. The fourth-order valence-electron chi connectivity index (χ4n) is 4.16. The van der Waals surface area contributed by atoms with Gasteiger partial charge in [-0.15, -0.1) is 24.2 Å². The number of rotatable bonds is 11. The van der Waals surface area contributed by atoms with Gasteiger partial charge in [0.25, 0.3) is 11.8 Å². The highest BCUT2D eigenvalue weighted by Crippen LogP contribution is 2.42. The minimum atomic E-state index is -1.74. The number of nitrogens with zero attached hydrogens (tertiary/aromatic N) is 3. The number of fused-ring (bicyclic) bond motifs is 1. The number of nitrogens with one attached hydrogen (secondary N) is 1. The van der Waals surface area contributed by atoms with Crippen molar-refractivity contribution in [1.82, 2.24) is 19.6 Å². The molecule has 238 valence electrons. The number of hydrogen-bond donors (Lipinski definition) is 3. The van der Waals surface area contributed by atoms with Crippen LogP contribution in [0.1, 0.15) is 49.7 Å². The van der Waals surface area contributed by atoms with Gasteiger partial charge in [0.2, 0.25) is 6.79 Å². The Morgan fingerprint density at radius 3 is 2.57 bits per heavy atom. The molecule has 2 unspecified atom stereocenters. The molecule has 2 aromatic rings. The first-order valence-corrected chi connectivity index (χ1v) is 15.9. The second kappa shape index (κ2) is 14.8. The van der Waals surface area contributed by atoms with Crippen LogP contribution < -0.4 is 11.1 Å². The van der Waals surface area contributed by atoms with Crippen LogP contribution >= 0.6 is 47.5 Å². The van der Waals surface area contributed by atoms with E-state index < -0.39 is 65.3 Å². The number of carbonyl (C=O) groups is 5. The van der Waals surface area contributed by atoms with E-state index in [1.807, 2.05) is 0 Å². The Balaban J connectivity index is 0.00000529. The molecule has 0 aliphatic carbocycles. The monoisotopic (exact) mass is 685 g/mol. The van der Waals surface area contributed by atoms with Crippen LogP contribution in [-0.2, 0) is 28.7 Å². The van der Waals surface area contributed by atoms with Crippen molar-refractivity contribution >= 4 is 77.0 Å². The highest BCUT2D eigenvalue weighted by Gasteiger charge is 2.54. The van der Waals surface area contributed by atoms with Gasteiger partial charge in [0, 0.05) is 22.6 Å². The lowest BCUT2D eigenvalue weighted by Crippen LogP contribution is -2.71. The number of β-lactam (4-membered cyclic amide) rings is 1. The summed E-state index contributed by atoms with van der Waals surface area (Å²) in [6.07, 6.45) is -0.331. The van der Waals surface area contributed by atoms with E-state index in [1.165, 1.54) is 65.3 Å². The first-order valence-electron chi connectivity index (χ1n) is 13.1. The fourth-order valence-corrected chi connectivity index (χ4v) is 7.09. The van der Waals surface area contributed by atoms with E-state index in [-0.39, 0.29) is 29.2 Å². The quantitative estimate of drug-likeness (QED) is 0.102. The van der Waals surface area contributed by atoms with Gasteiger partial charge in [-0.1, -0.05) is 36.0 Å². The molecule has 1 saturated heterocycles. The smallest absolute Gasteiger partial charge is 0.357 e. The lowest BCUT2D eigenvalue weighted by atomic mass is 9.95. The first kappa shape index (κ1) is 35.5. The number of nitrogens with two attached hydrogens (primary N) is 1. The van der Waals surface area contributed by atoms with Crippen LogP contribution in [-0.4, -0.2) is 84.7 Å². The van der Waals surface area contributed by atoms with Crippen LogP contribution in [0.25, 0.3) is 0 Å². The average molecular weight is 686 g/mol. The molecule has 1 fully saturated rings. The lowest BCUT2D eigenvalue weighted by Gasteiger charge is -2.49. The molecule has 3 heterocycles. The van der Waals surface area contributed by atoms with Gasteiger partial charge in [-0.3, -0.25) is 24.1 Å². The number of carbonyl (C=O) groups excluding carboxylic acids is 5. The molecule has 0 spiro atoms. The van der Waals surface area contributed by atoms with Gasteiger partial charge in [-0.25, -0.2) is 9.78 Å². The summed E-state index contributed by atoms with van der Waals surface area (Å²) in [5.74, 6) is -2.71. The Morgan fingerprint density at radius 1 is 1.23 bits per heavy atom. The van der Waals surface area contributed by atoms with Gasteiger partial charge in [0.1, 0.15) is 23.4 Å². The number of esters is 2. The van der Waals surface area contributed by atoms with E-state index in [2.05, 4.69) is 14.7 Å². The van der Waals surface area contributed by atoms with E-state index in [4.69, 9.17) is 15.2 Å². The molecule has 0 radical (unpaired) electrons. The summed E-state index contributed by atoms with van der Waals surface area (Å²) >= 11 is 3.85. The highest BCUT2D eigenvalue weighted by atomic mass is 35.5. The number of hydrogen-bond acceptors (Lipinski definition) is 14. The van der Waals surface area contributed by atoms with Gasteiger partial charge in [0.05, 0.1) is 11.5 Å². The highest BCUT2D eigenvalue weighted by molar-refractivity contribution is 8.01. The summed E-state index contributed by atoms with van der Waals surface area (Å²) in [4.78, 5) is 69.6. The van der Waals surface area contributed by atoms with Crippen molar-refractivity contribution in [2.75, 3.05) is 18.3 Å². The van der Waals surface area contributed by atoms with Gasteiger partial charge in [-0.05, 0) is 44.8 Å². The number of Topliss-reactive ketones (excluding diaryl/α,β-unsaturated/α-hetero) is 1. The summed E-state index contributed by atoms with van der Waals surface area (Å²) in [6, 6.07) is 4.16. The molecule has 2 aliphatic rings. The zero-order valence-electron chi connectivity index (χ0n) is 24.2. The third-order valence-electron chi connectivity index (χ3n) is 6.42. The van der Waals surface area contributed by atoms with E-state index in [0.717, 1.165) is 0 Å². The summed E-state index contributed by atoms with van der Waals surface area (Å²) in [6.45, 7) is 5.83. The molecule has 4 atom stereocenters. The maximum atomic E-state index is 13.4. The maximum Gasteiger partial charge on any atom is 0.357 e. The Morgan fingerprint density at radius 2 is 1.93 bits per heavy atom. The van der Waals surface area contributed by atoms with E-state index in [0.29, 0.717) is 21.4 Å². The number of aromatic nitrogens is 2. The van der Waals surface area contributed by atoms with E-state index >= 15 is 0 Å². The van der Waals surface area contributed by atoms with Crippen LogP contribution in [0.2, 0.25) is 0 Å². The molecule has 0 saturated carbocycles. The van der Waals surface area contributed by atoms with E-state index in [1.54, 1.807) is 32.9 Å². The van der Waals surface area contributed by atoms with Crippen LogP contribution in [0.3, 0.4) is 0 Å². The summed E-state index contributed by atoms with van der Waals surface area (Å²) in [5, 5.41) is 12.7. The number of amides is 2. The van der Waals surface area contributed by atoms with Crippen LogP contribution in [0.15, 0.2) is 46.2 Å². The van der Waals surface area contributed by atoms with Crippen molar-refractivity contribution in [2.45, 2.75) is 55.6 Å². The predicted octanol–water partition coefficient (Wildman–Crippen LogP) is 2.06. The first-order chi connectivity index (χ1) is 20.3. The standard InChI is InChI=1S/C27H31N5O8S3.ClH/c1-13(28)19(33)15-7-5-6-8-16(15)20(34)21(35)31-17-22(36)32-18(24(37)39-12-40-25(38)27(2,3)4)14(9-41-23(17)32)10-42-26-29-11-30-43-26;/h5-8,11,13,17,20,23,34H,9-10,12,28H2,1-4H3,(H,31,35);1H/t13-,17?,20?,23-;/m0./s1. The van der Waals surface area contributed by atoms with Gasteiger partial charge >= 0.3 is 11.9 Å². The summed E-state index contributed by atoms with van der Waals surface area (Å²) in [5.41, 5.74) is 5.67. The number of aliphatic hydroxyl groups excluding tert-OH is 1.